The van der Waals surface area contributed by atoms with Crippen molar-refractivity contribution in [3.63, 3.8) is 0 Å². The second kappa shape index (κ2) is 24.0. The lowest BCUT2D eigenvalue weighted by atomic mass is 9.75. The Morgan fingerprint density at radius 3 is 2.43 bits per heavy atom. The highest BCUT2D eigenvalue weighted by molar-refractivity contribution is 5.93. The van der Waals surface area contributed by atoms with Crippen LogP contribution in [0.5, 0.6) is 0 Å². The van der Waals surface area contributed by atoms with Gasteiger partial charge in [0.15, 0.2) is 0 Å². The molecule has 8 rings (SSSR count). The number of hydrogen-bond donors (Lipinski definition) is 4. The molecule has 4 atom stereocenters. The lowest BCUT2D eigenvalue weighted by Gasteiger charge is -2.37. The molecular weight excluding hydrogens is 914 g/mol. The normalized spacial score (nSPS) is 19.3. The van der Waals surface area contributed by atoms with Gasteiger partial charge in [0.25, 0.3) is 0 Å². The molecule has 74 heavy (non-hydrogen) atoms. The van der Waals surface area contributed by atoms with E-state index in [1.165, 1.54) is 51.9 Å². The largest absolute Gasteiger partial charge is 0.387 e. The van der Waals surface area contributed by atoms with Gasteiger partial charge in [-0.05, 0) is 137 Å². The van der Waals surface area contributed by atoms with Crippen LogP contribution >= 0.6 is 0 Å². The molecule has 1 aromatic heterocycles. The van der Waals surface area contributed by atoms with Crippen molar-refractivity contribution in [2.75, 3.05) is 59.9 Å². The summed E-state index contributed by atoms with van der Waals surface area (Å²) in [6, 6.07) is 12.2. The van der Waals surface area contributed by atoms with Crippen LogP contribution in [0.2, 0.25) is 0 Å². The summed E-state index contributed by atoms with van der Waals surface area (Å²) < 4.78 is 15.7. The van der Waals surface area contributed by atoms with Crippen molar-refractivity contribution in [1.29, 1.82) is 0 Å². The van der Waals surface area contributed by atoms with Crippen LogP contribution in [0.4, 0.5) is 4.39 Å². The van der Waals surface area contributed by atoms with Crippen LogP contribution in [0.15, 0.2) is 152 Å². The van der Waals surface area contributed by atoms with Crippen molar-refractivity contribution in [3.8, 4) is 0 Å². The maximum Gasteiger partial charge on any atom is 0.128 e. The first-order valence-corrected chi connectivity index (χ1v) is 27.6. The van der Waals surface area contributed by atoms with E-state index in [1.807, 2.05) is 13.0 Å². The van der Waals surface area contributed by atoms with Crippen LogP contribution in [0.3, 0.4) is 0 Å². The number of allylic oxidation sites excluding steroid dienone is 6. The number of rotatable bonds is 27. The molecule has 0 saturated carbocycles. The van der Waals surface area contributed by atoms with E-state index in [9.17, 15) is 0 Å². The maximum absolute atomic E-state index is 15.7. The van der Waals surface area contributed by atoms with Crippen LogP contribution in [-0.2, 0) is 19.4 Å². The first-order chi connectivity index (χ1) is 35.6. The zero-order chi connectivity index (χ0) is 52.8. The Bertz CT molecular complexity index is 2760. The zero-order valence-electron chi connectivity index (χ0n) is 45.8. The average molecular weight is 1000 g/mol. The van der Waals surface area contributed by atoms with Gasteiger partial charge in [0.05, 0.1) is 55.2 Å². The number of aromatic nitrogens is 1. The van der Waals surface area contributed by atoms with Gasteiger partial charge in [-0.15, -0.1) is 0 Å². The number of likely N-dealkylation sites (N-methyl/N-ethyl adjacent to an activating group) is 1. The third-order valence-electron chi connectivity index (χ3n) is 16.9. The molecule has 1 fully saturated rings. The molecule has 0 bridgehead atoms. The molecule has 9 nitrogen and oxygen atoms in total. The fourth-order valence-corrected chi connectivity index (χ4v) is 12.2. The fourth-order valence-electron chi connectivity index (χ4n) is 12.2. The smallest absolute Gasteiger partial charge is 0.128 e. The topological polar surface area (TPSA) is 74.0 Å². The Labute approximate surface area is 444 Å². The Hall–Kier alpha value is -6.26. The molecule has 2 aromatic carbocycles. The van der Waals surface area contributed by atoms with E-state index in [0.717, 1.165) is 165 Å². The summed E-state index contributed by atoms with van der Waals surface area (Å²) in [5, 5.41) is 15.5. The van der Waals surface area contributed by atoms with Crippen LogP contribution in [0.1, 0.15) is 118 Å². The van der Waals surface area contributed by atoms with Gasteiger partial charge in [-0.2, -0.15) is 0 Å². The summed E-state index contributed by atoms with van der Waals surface area (Å²) in [4.78, 5) is 14.8. The van der Waals surface area contributed by atoms with Crippen LogP contribution in [0.25, 0.3) is 16.6 Å². The molecule has 4 unspecified atom stereocenters. The third kappa shape index (κ3) is 11.8. The summed E-state index contributed by atoms with van der Waals surface area (Å²) in [6.45, 7) is 48.8. The monoisotopic (exact) mass is 1000 g/mol. The average Bonchev–Trinajstić information content (AvgIpc) is 3.97. The summed E-state index contributed by atoms with van der Waals surface area (Å²) >= 11 is 0. The summed E-state index contributed by atoms with van der Waals surface area (Å²) in [5.74, 6) is 0.485. The van der Waals surface area contributed by atoms with Gasteiger partial charge >= 0.3 is 0 Å². The minimum Gasteiger partial charge on any atom is -0.387 e. The number of nitrogens with zero attached hydrogens (tertiary/aromatic N) is 5. The highest BCUT2D eigenvalue weighted by Crippen LogP contribution is 2.53. The zero-order valence-corrected chi connectivity index (χ0v) is 45.8. The standard InChI is InChI=1S/C64H86FN9/c1-14-52-41(3)25-26-54-49(11)74-40-56-63-60(28-27-53-46(8)57(65)36-59(62(53)63)70-64(56)61(74)35-55(52)54)73-33-30-51(48(73)10)29-31-66-43(5)37-68-47(9)58(34-50-23-19-16-20-24-50)69-44(6)39-72(13)45(7)38-67-42(4)22-18-17-21-32-71(12)15-2/h16,19-20,23-24,35-36,51-52,58,60,66-69H,3-7,9-11,14-15,17-18,21-22,25-34,37-40H2,1-2,8,12-13H3. The minimum atomic E-state index is -0.172. The van der Waals surface area contributed by atoms with Crippen molar-refractivity contribution in [3.05, 3.63) is 191 Å². The molecule has 0 amide bonds. The lowest BCUT2D eigenvalue weighted by molar-refractivity contribution is 0.269. The first-order valence-electron chi connectivity index (χ1n) is 27.6. The van der Waals surface area contributed by atoms with Gasteiger partial charge in [-0.3, -0.25) is 0 Å². The Balaban J connectivity index is 0.853. The SMILES string of the molecule is C=C(CCCCCN(C)CC)NCC(=C)N(C)CC(=C)NC(Cc1ccccc1)C(=C)NCC(=C)NCCC1CCN(C2CCc3c(C)c(F)cc4nc5c(c2c34)CN2C(=C)C3=C(C=C52)C(CC)C(=C)CC3)C1=C. The predicted molar refractivity (Wildman–Crippen MR) is 309 cm³/mol. The highest BCUT2D eigenvalue weighted by atomic mass is 19.1. The number of benzene rings is 2. The Morgan fingerprint density at radius 2 is 1.68 bits per heavy atom. The Morgan fingerprint density at radius 1 is 0.892 bits per heavy atom. The quantitative estimate of drug-likeness (QED) is 0.0441. The number of halogens is 1. The van der Waals surface area contributed by atoms with E-state index in [4.69, 9.17) is 18.1 Å². The number of nitrogens with one attached hydrogen (secondary N) is 4. The third-order valence-corrected chi connectivity index (χ3v) is 16.9. The van der Waals surface area contributed by atoms with Gasteiger partial charge in [0.2, 0.25) is 0 Å². The molecule has 3 aromatic rings. The molecular formula is C64H86FN9. The number of pyridine rings is 1. The lowest BCUT2D eigenvalue weighted by Crippen LogP contribution is -2.41. The van der Waals surface area contributed by atoms with Crippen molar-refractivity contribution >= 4 is 16.6 Å². The van der Waals surface area contributed by atoms with Crippen molar-refractivity contribution < 1.29 is 4.39 Å². The summed E-state index contributed by atoms with van der Waals surface area (Å²) in [5.41, 5.74) is 19.5. The van der Waals surface area contributed by atoms with Crippen molar-refractivity contribution in [1.82, 2.24) is 45.9 Å². The fraction of sp³-hybridized carbons (Fsp3) is 0.453. The van der Waals surface area contributed by atoms with E-state index in [2.05, 4.69) is 139 Å². The van der Waals surface area contributed by atoms with Gasteiger partial charge < -0.3 is 40.9 Å². The van der Waals surface area contributed by atoms with Crippen LogP contribution in [-0.4, -0.2) is 90.5 Å². The second-order valence-corrected chi connectivity index (χ2v) is 21.8. The second-order valence-electron chi connectivity index (χ2n) is 21.8. The number of aryl methyl sites for hydroxylation is 1. The molecule has 2 aliphatic carbocycles. The van der Waals surface area contributed by atoms with Gasteiger partial charge in [0, 0.05) is 88.9 Å². The molecule has 3 aliphatic heterocycles. The van der Waals surface area contributed by atoms with Crippen molar-refractivity contribution in [2.45, 2.75) is 116 Å². The number of hydrogen-bond acceptors (Lipinski definition) is 9. The minimum absolute atomic E-state index is 0.0904. The van der Waals surface area contributed by atoms with E-state index in [1.54, 1.807) is 6.07 Å². The highest BCUT2D eigenvalue weighted by Gasteiger charge is 2.43. The molecule has 394 valence electrons. The molecule has 4 N–H and O–H groups in total. The molecule has 0 radical (unpaired) electrons. The molecule has 10 heteroatoms. The predicted octanol–water partition coefficient (Wildman–Crippen LogP) is 12.2. The van der Waals surface area contributed by atoms with Crippen molar-refractivity contribution in [2.24, 2.45) is 11.8 Å². The van der Waals surface area contributed by atoms with Gasteiger partial charge in [0.1, 0.15) is 5.82 Å². The van der Waals surface area contributed by atoms with E-state index in [-0.39, 0.29) is 17.9 Å². The van der Waals surface area contributed by atoms with Gasteiger partial charge in [-0.1, -0.05) is 109 Å². The first kappa shape index (κ1) is 54.0. The summed E-state index contributed by atoms with van der Waals surface area (Å²) in [7, 11) is 4.23. The molecule has 0 spiro atoms. The molecule has 1 saturated heterocycles. The number of likely N-dealkylation sites (tertiary alicyclic amines) is 1. The molecule has 4 heterocycles. The summed E-state index contributed by atoms with van der Waals surface area (Å²) in [6.07, 6.45) is 14.4. The van der Waals surface area contributed by atoms with E-state index in [0.29, 0.717) is 31.5 Å². The van der Waals surface area contributed by atoms with E-state index >= 15 is 4.39 Å². The molecule has 5 aliphatic rings. The van der Waals surface area contributed by atoms with Gasteiger partial charge in [-0.25, -0.2) is 9.37 Å². The maximum atomic E-state index is 15.7. The van der Waals surface area contributed by atoms with E-state index < -0.39 is 0 Å². The Kier molecular flexibility index (Phi) is 17.5. The van der Waals surface area contributed by atoms with Crippen LogP contribution < -0.4 is 21.3 Å². The number of unbranched alkanes of at least 4 members (excludes halogenated alkanes) is 2. The van der Waals surface area contributed by atoms with Crippen LogP contribution in [0, 0.1) is 24.6 Å². The number of fused-ring (bicyclic) bond motifs is 4.